The average molecular weight is 401 g/mol. The molecule has 2 heterocycles. The van der Waals surface area contributed by atoms with Gasteiger partial charge in [-0.2, -0.15) is 0 Å². The largest absolute Gasteiger partial charge is 0.493 e. The number of benzene rings is 1. The minimum Gasteiger partial charge on any atom is -0.493 e. The molecule has 3 rings (SSSR count). The van der Waals surface area contributed by atoms with Crippen molar-refractivity contribution >= 4 is 33.3 Å². The van der Waals surface area contributed by atoms with Crippen molar-refractivity contribution in [1.29, 1.82) is 0 Å². The second kappa shape index (κ2) is 8.43. The Labute approximate surface area is 168 Å². The first-order valence-electron chi connectivity index (χ1n) is 8.95. The summed E-state index contributed by atoms with van der Waals surface area (Å²) in [7, 11) is 3.23. The van der Waals surface area contributed by atoms with Crippen LogP contribution in [-0.4, -0.2) is 36.1 Å². The Hall–Kier alpha value is -2.87. The summed E-state index contributed by atoms with van der Waals surface area (Å²) in [5, 5.41) is 7.15. The third kappa shape index (κ3) is 3.87. The van der Waals surface area contributed by atoms with E-state index in [2.05, 4.69) is 20.6 Å². The zero-order valence-electron chi connectivity index (χ0n) is 16.6. The predicted octanol–water partition coefficient (Wildman–Crippen LogP) is 3.77. The summed E-state index contributed by atoms with van der Waals surface area (Å²) >= 11 is 1.38. The normalized spacial score (nSPS) is 10.9. The fraction of sp³-hybridized carbons (Fsp3) is 0.350. The van der Waals surface area contributed by atoms with Crippen LogP contribution in [-0.2, 0) is 6.54 Å². The Bertz CT molecular complexity index is 1000. The van der Waals surface area contributed by atoms with Gasteiger partial charge in [-0.15, -0.1) is 11.3 Å². The van der Waals surface area contributed by atoms with Crippen molar-refractivity contribution in [1.82, 2.24) is 15.3 Å². The Balaban J connectivity index is 1.93. The van der Waals surface area contributed by atoms with Crippen molar-refractivity contribution in [2.24, 2.45) is 0 Å². The summed E-state index contributed by atoms with van der Waals surface area (Å²) in [6, 6.07) is 5.81. The maximum Gasteiger partial charge on any atom is 0.261 e. The minimum absolute atomic E-state index is 0.0707. The molecule has 0 spiro atoms. The summed E-state index contributed by atoms with van der Waals surface area (Å²) in [4.78, 5) is 22.7. The number of aryl methyl sites for hydroxylation is 1. The topological polar surface area (TPSA) is 85.4 Å². The van der Waals surface area contributed by atoms with Gasteiger partial charge in [-0.1, -0.05) is 12.1 Å². The van der Waals surface area contributed by atoms with Gasteiger partial charge in [0.25, 0.3) is 5.91 Å². The Kier molecular flexibility index (Phi) is 5.99. The molecule has 1 amide bonds. The molecule has 0 atom stereocenters. The summed E-state index contributed by atoms with van der Waals surface area (Å²) in [6.07, 6.45) is 1.51. The van der Waals surface area contributed by atoms with E-state index in [4.69, 9.17) is 9.47 Å². The monoisotopic (exact) mass is 400 g/mol. The van der Waals surface area contributed by atoms with Crippen molar-refractivity contribution in [3.05, 3.63) is 40.5 Å². The van der Waals surface area contributed by atoms with Crippen LogP contribution >= 0.6 is 11.3 Å². The van der Waals surface area contributed by atoms with Crippen molar-refractivity contribution in [2.45, 2.75) is 33.4 Å². The number of hydrogen-bond acceptors (Lipinski definition) is 7. The molecule has 0 aliphatic carbocycles. The number of methoxy groups -OCH3 is 2. The van der Waals surface area contributed by atoms with E-state index in [1.807, 2.05) is 39.0 Å². The van der Waals surface area contributed by atoms with Gasteiger partial charge in [0.1, 0.15) is 17.0 Å². The van der Waals surface area contributed by atoms with Crippen LogP contribution in [0.5, 0.6) is 11.5 Å². The minimum atomic E-state index is -0.0871. The van der Waals surface area contributed by atoms with E-state index in [0.717, 1.165) is 21.3 Å². The molecule has 0 bridgehead atoms. The van der Waals surface area contributed by atoms with Gasteiger partial charge in [-0.05, 0) is 32.4 Å². The Morgan fingerprint density at radius 3 is 2.68 bits per heavy atom. The van der Waals surface area contributed by atoms with Gasteiger partial charge in [0.2, 0.25) is 0 Å². The first-order valence-corrected chi connectivity index (χ1v) is 9.76. The van der Waals surface area contributed by atoms with Gasteiger partial charge in [-0.3, -0.25) is 4.79 Å². The second-order valence-electron chi connectivity index (χ2n) is 6.59. The summed E-state index contributed by atoms with van der Waals surface area (Å²) in [6.45, 7) is 6.30. The molecule has 3 aromatic rings. The van der Waals surface area contributed by atoms with E-state index < -0.39 is 0 Å². The number of hydrogen-bond donors (Lipinski definition) is 2. The lowest BCUT2D eigenvalue weighted by atomic mass is 10.1. The fourth-order valence-electron chi connectivity index (χ4n) is 3.02. The molecule has 2 N–H and O–H groups in total. The van der Waals surface area contributed by atoms with Crippen molar-refractivity contribution in [3.63, 3.8) is 0 Å². The molecule has 2 aromatic heterocycles. The summed E-state index contributed by atoms with van der Waals surface area (Å²) < 4.78 is 10.8. The number of anilines is 1. The molecule has 28 heavy (non-hydrogen) atoms. The molecular weight excluding hydrogens is 376 g/mol. The number of fused-ring (bicyclic) bond motifs is 1. The highest BCUT2D eigenvalue weighted by atomic mass is 32.1. The van der Waals surface area contributed by atoms with Crippen LogP contribution in [0.1, 0.15) is 34.6 Å². The smallest absolute Gasteiger partial charge is 0.261 e. The van der Waals surface area contributed by atoms with Gasteiger partial charge < -0.3 is 20.1 Å². The van der Waals surface area contributed by atoms with Gasteiger partial charge in [-0.25, -0.2) is 9.97 Å². The standard InChI is InChI=1S/C20H24N4O3S/c1-11(2)24-19(25)17-12(3)15-18(22-10-23-20(15)28-17)21-9-13-7-6-8-14(26-4)16(13)27-5/h6-8,10-11H,9H2,1-5H3,(H,24,25)(H,21,22,23). The number of nitrogens with one attached hydrogen (secondary N) is 2. The van der Waals surface area contributed by atoms with E-state index in [0.29, 0.717) is 28.7 Å². The van der Waals surface area contributed by atoms with Crippen LogP contribution in [0.25, 0.3) is 10.2 Å². The molecule has 0 radical (unpaired) electrons. The van der Waals surface area contributed by atoms with Gasteiger partial charge in [0, 0.05) is 18.2 Å². The molecule has 0 saturated carbocycles. The lowest BCUT2D eigenvalue weighted by Crippen LogP contribution is -2.29. The van der Waals surface area contributed by atoms with Gasteiger partial charge in [0.05, 0.1) is 24.5 Å². The third-order valence-electron chi connectivity index (χ3n) is 4.28. The van der Waals surface area contributed by atoms with Gasteiger partial charge >= 0.3 is 0 Å². The average Bonchev–Trinajstić information content (AvgIpc) is 3.02. The molecular formula is C20H24N4O3S. The highest BCUT2D eigenvalue weighted by molar-refractivity contribution is 7.20. The van der Waals surface area contributed by atoms with Crippen LogP contribution in [0, 0.1) is 6.92 Å². The van der Waals surface area contributed by atoms with E-state index in [1.54, 1.807) is 14.2 Å². The quantitative estimate of drug-likeness (QED) is 0.628. The van der Waals surface area contributed by atoms with Crippen LogP contribution in [0.2, 0.25) is 0 Å². The lowest BCUT2D eigenvalue weighted by Gasteiger charge is -2.14. The molecule has 0 aliphatic rings. The molecule has 7 nitrogen and oxygen atoms in total. The number of aromatic nitrogens is 2. The number of carbonyl (C=O) groups is 1. The second-order valence-corrected chi connectivity index (χ2v) is 7.59. The first kappa shape index (κ1) is 19.9. The van der Waals surface area contributed by atoms with Gasteiger partial charge in [0.15, 0.2) is 11.5 Å². The SMILES string of the molecule is COc1cccc(CNc2ncnc3sc(C(=O)NC(C)C)c(C)c23)c1OC. The highest BCUT2D eigenvalue weighted by Crippen LogP contribution is 2.35. The maximum atomic E-state index is 12.5. The molecule has 1 aromatic carbocycles. The van der Waals surface area contributed by atoms with E-state index in [9.17, 15) is 4.79 Å². The number of thiophene rings is 1. The molecule has 8 heteroatoms. The van der Waals surface area contributed by atoms with E-state index in [1.165, 1.54) is 17.7 Å². The van der Waals surface area contributed by atoms with Crippen LogP contribution in [0.4, 0.5) is 5.82 Å². The number of carbonyl (C=O) groups excluding carboxylic acids is 1. The van der Waals surface area contributed by atoms with E-state index >= 15 is 0 Å². The third-order valence-corrected chi connectivity index (χ3v) is 5.48. The van der Waals surface area contributed by atoms with Crippen molar-refractivity contribution in [3.8, 4) is 11.5 Å². The van der Waals surface area contributed by atoms with E-state index in [-0.39, 0.29) is 11.9 Å². The van der Waals surface area contributed by atoms with Crippen molar-refractivity contribution in [2.75, 3.05) is 19.5 Å². The molecule has 148 valence electrons. The number of ether oxygens (including phenoxy) is 2. The molecule has 0 fully saturated rings. The lowest BCUT2D eigenvalue weighted by molar-refractivity contribution is 0.0947. The van der Waals surface area contributed by atoms with Crippen LogP contribution < -0.4 is 20.1 Å². The summed E-state index contributed by atoms with van der Waals surface area (Å²) in [5.74, 6) is 1.96. The number of amides is 1. The van der Waals surface area contributed by atoms with Crippen LogP contribution in [0.15, 0.2) is 24.5 Å². The summed E-state index contributed by atoms with van der Waals surface area (Å²) in [5.41, 5.74) is 1.82. The fourth-order valence-corrected chi connectivity index (χ4v) is 4.07. The molecule has 0 unspecified atom stereocenters. The van der Waals surface area contributed by atoms with Crippen molar-refractivity contribution < 1.29 is 14.3 Å². The zero-order valence-corrected chi connectivity index (χ0v) is 17.4. The Morgan fingerprint density at radius 2 is 2.00 bits per heavy atom. The molecule has 0 aliphatic heterocycles. The van der Waals surface area contributed by atoms with Crippen LogP contribution in [0.3, 0.4) is 0 Å². The zero-order chi connectivity index (χ0) is 20.3. The Morgan fingerprint density at radius 1 is 1.21 bits per heavy atom. The molecule has 0 saturated heterocycles. The number of para-hydroxylation sites is 1. The first-order chi connectivity index (χ1) is 13.5. The maximum absolute atomic E-state index is 12.5. The number of rotatable bonds is 7. The number of nitrogens with zero attached hydrogens (tertiary/aromatic N) is 2. The predicted molar refractivity (Wildman–Crippen MR) is 112 cm³/mol. The highest BCUT2D eigenvalue weighted by Gasteiger charge is 2.20.